The van der Waals surface area contributed by atoms with Crippen LogP contribution in [0.15, 0.2) is 42.7 Å². The van der Waals surface area contributed by atoms with E-state index in [4.69, 9.17) is 11.6 Å². The summed E-state index contributed by atoms with van der Waals surface area (Å²) in [7, 11) is 0. The summed E-state index contributed by atoms with van der Waals surface area (Å²) in [6, 6.07) is 7.51. The molecule has 0 spiro atoms. The van der Waals surface area contributed by atoms with Crippen LogP contribution in [0.1, 0.15) is 18.4 Å². The van der Waals surface area contributed by atoms with Gasteiger partial charge in [0.15, 0.2) is 0 Å². The van der Waals surface area contributed by atoms with E-state index in [2.05, 4.69) is 15.6 Å². The number of aromatic nitrogens is 1. The first kappa shape index (κ1) is 16.4. The second-order valence-corrected chi connectivity index (χ2v) is 6.12. The average Bonchev–Trinajstić information content (AvgIpc) is 3.39. The highest BCUT2D eigenvalue weighted by Crippen LogP contribution is 2.47. The Kier molecular flexibility index (Phi) is 4.49. The highest BCUT2D eigenvalue weighted by molar-refractivity contribution is 6.31. The molecule has 1 aliphatic rings. The minimum Gasteiger partial charge on any atom is -0.351 e. The van der Waals surface area contributed by atoms with Crippen molar-refractivity contribution in [1.29, 1.82) is 0 Å². The normalized spacial score (nSPS) is 14.8. The number of hydrogen-bond acceptors (Lipinski definition) is 3. The molecule has 124 valence electrons. The maximum atomic E-state index is 13.2. The van der Waals surface area contributed by atoms with E-state index >= 15 is 0 Å². The quantitative estimate of drug-likeness (QED) is 0.817. The van der Waals surface area contributed by atoms with Crippen molar-refractivity contribution in [3.63, 3.8) is 0 Å². The number of pyridine rings is 1. The fourth-order valence-electron chi connectivity index (χ4n) is 2.36. The van der Waals surface area contributed by atoms with E-state index < -0.39 is 17.1 Å². The zero-order chi connectivity index (χ0) is 17.2. The summed E-state index contributed by atoms with van der Waals surface area (Å²) in [5, 5.41) is 5.31. The molecule has 1 aromatic heterocycles. The van der Waals surface area contributed by atoms with Gasteiger partial charge in [-0.1, -0.05) is 17.7 Å². The van der Waals surface area contributed by atoms with Crippen molar-refractivity contribution in [3.05, 3.63) is 59.1 Å². The van der Waals surface area contributed by atoms with Crippen LogP contribution in [-0.2, 0) is 16.1 Å². The van der Waals surface area contributed by atoms with Gasteiger partial charge in [-0.2, -0.15) is 0 Å². The third-order valence-electron chi connectivity index (χ3n) is 3.97. The van der Waals surface area contributed by atoms with E-state index in [1.807, 2.05) is 6.07 Å². The molecule has 5 nitrogen and oxygen atoms in total. The van der Waals surface area contributed by atoms with Gasteiger partial charge in [0, 0.05) is 24.6 Å². The predicted octanol–water partition coefficient (Wildman–Crippen LogP) is 2.91. The highest BCUT2D eigenvalue weighted by Gasteiger charge is 2.56. The molecule has 2 N–H and O–H groups in total. The largest absolute Gasteiger partial charge is 0.351 e. The minimum atomic E-state index is -1.07. The summed E-state index contributed by atoms with van der Waals surface area (Å²) in [4.78, 5) is 28.8. The van der Waals surface area contributed by atoms with Gasteiger partial charge in [-0.3, -0.25) is 14.6 Å². The SMILES string of the molecule is O=C(NCc1cccnc1)C1(C(=O)Nc2ccc(F)c(Cl)c2)CC1. The molecule has 7 heteroatoms. The molecule has 0 saturated heterocycles. The van der Waals surface area contributed by atoms with Crippen molar-refractivity contribution in [2.75, 3.05) is 5.32 Å². The standard InChI is InChI=1S/C17H15ClFN3O2/c18-13-8-12(3-4-14(13)19)22-16(24)17(5-6-17)15(23)21-10-11-2-1-7-20-9-11/h1-4,7-9H,5-6,10H2,(H,21,23)(H,22,24). The van der Waals surface area contributed by atoms with Crippen molar-refractivity contribution in [2.24, 2.45) is 5.41 Å². The molecule has 24 heavy (non-hydrogen) atoms. The third-order valence-corrected chi connectivity index (χ3v) is 4.26. The van der Waals surface area contributed by atoms with Crippen LogP contribution in [0.5, 0.6) is 0 Å². The lowest BCUT2D eigenvalue weighted by atomic mass is 10.0. The lowest BCUT2D eigenvalue weighted by Gasteiger charge is -2.15. The van der Waals surface area contributed by atoms with Crippen molar-refractivity contribution in [2.45, 2.75) is 19.4 Å². The third kappa shape index (κ3) is 3.38. The molecule has 2 amide bonds. The maximum absolute atomic E-state index is 13.2. The van der Waals surface area contributed by atoms with Crippen LogP contribution >= 0.6 is 11.6 Å². The molecule has 1 heterocycles. The van der Waals surface area contributed by atoms with Crippen LogP contribution < -0.4 is 10.6 Å². The summed E-state index contributed by atoms with van der Waals surface area (Å²) < 4.78 is 13.2. The molecule has 0 bridgehead atoms. The zero-order valence-electron chi connectivity index (χ0n) is 12.7. The second kappa shape index (κ2) is 6.57. The lowest BCUT2D eigenvalue weighted by Crippen LogP contribution is -2.39. The van der Waals surface area contributed by atoms with Gasteiger partial charge < -0.3 is 10.6 Å². The summed E-state index contributed by atoms with van der Waals surface area (Å²) in [5.41, 5.74) is 0.147. The Bertz CT molecular complexity index is 779. The summed E-state index contributed by atoms with van der Waals surface area (Å²) >= 11 is 5.70. The first-order valence-electron chi connectivity index (χ1n) is 7.45. The fourth-order valence-corrected chi connectivity index (χ4v) is 2.54. The number of rotatable bonds is 5. The number of carbonyl (C=O) groups excluding carboxylic acids is 2. The molecule has 0 aliphatic heterocycles. The van der Waals surface area contributed by atoms with Crippen molar-refractivity contribution >= 4 is 29.1 Å². The lowest BCUT2D eigenvalue weighted by molar-refractivity contribution is -0.134. The van der Waals surface area contributed by atoms with Gasteiger partial charge in [0.25, 0.3) is 0 Å². The molecule has 0 unspecified atom stereocenters. The molecular formula is C17H15ClFN3O2. The molecule has 0 radical (unpaired) electrons. The van der Waals surface area contributed by atoms with E-state index in [-0.39, 0.29) is 10.9 Å². The molecule has 1 aromatic carbocycles. The molecule has 2 aromatic rings. The van der Waals surface area contributed by atoms with E-state index in [0.29, 0.717) is 25.1 Å². The smallest absolute Gasteiger partial charge is 0.240 e. The number of nitrogens with zero attached hydrogens (tertiary/aromatic N) is 1. The minimum absolute atomic E-state index is 0.0846. The monoisotopic (exact) mass is 347 g/mol. The van der Waals surface area contributed by atoms with Crippen LogP contribution in [0.25, 0.3) is 0 Å². The first-order chi connectivity index (χ1) is 11.5. The van der Waals surface area contributed by atoms with Gasteiger partial charge in [-0.25, -0.2) is 4.39 Å². The Morgan fingerprint density at radius 3 is 2.67 bits per heavy atom. The summed E-state index contributed by atoms with van der Waals surface area (Å²) in [6.07, 6.45) is 4.26. The van der Waals surface area contributed by atoms with Gasteiger partial charge in [0.1, 0.15) is 11.2 Å². The fraction of sp³-hybridized carbons (Fsp3) is 0.235. The van der Waals surface area contributed by atoms with Crippen molar-refractivity contribution in [1.82, 2.24) is 10.3 Å². The van der Waals surface area contributed by atoms with E-state index in [1.54, 1.807) is 18.5 Å². The topological polar surface area (TPSA) is 71.1 Å². The summed E-state index contributed by atoms with van der Waals surface area (Å²) in [6.45, 7) is 0.310. The van der Waals surface area contributed by atoms with Crippen LogP contribution in [0.4, 0.5) is 10.1 Å². The molecule has 3 rings (SSSR count). The van der Waals surface area contributed by atoms with Crippen molar-refractivity contribution < 1.29 is 14.0 Å². The van der Waals surface area contributed by atoms with Gasteiger partial charge in [0.2, 0.25) is 11.8 Å². The number of anilines is 1. The number of nitrogens with one attached hydrogen (secondary N) is 2. The Balaban J connectivity index is 1.63. The van der Waals surface area contributed by atoms with Crippen LogP contribution in [0.2, 0.25) is 5.02 Å². The van der Waals surface area contributed by atoms with Gasteiger partial charge in [-0.15, -0.1) is 0 Å². The van der Waals surface area contributed by atoms with Gasteiger partial charge in [0.05, 0.1) is 5.02 Å². The second-order valence-electron chi connectivity index (χ2n) is 5.71. The molecule has 1 fully saturated rings. The van der Waals surface area contributed by atoms with Crippen LogP contribution in [0, 0.1) is 11.2 Å². The summed E-state index contributed by atoms with van der Waals surface area (Å²) in [5.74, 6) is -1.30. The number of halogens is 2. The predicted molar refractivity (Wildman–Crippen MR) is 87.8 cm³/mol. The van der Waals surface area contributed by atoms with Gasteiger partial charge in [-0.05, 0) is 42.7 Å². The number of carbonyl (C=O) groups is 2. The first-order valence-corrected chi connectivity index (χ1v) is 7.83. The van der Waals surface area contributed by atoms with Crippen LogP contribution in [0.3, 0.4) is 0 Å². The Hall–Kier alpha value is -2.47. The number of amides is 2. The van der Waals surface area contributed by atoms with E-state index in [0.717, 1.165) is 5.56 Å². The molecule has 0 atom stereocenters. The molecule has 1 aliphatic carbocycles. The van der Waals surface area contributed by atoms with Crippen molar-refractivity contribution in [3.8, 4) is 0 Å². The Labute approximate surface area is 143 Å². The Morgan fingerprint density at radius 1 is 1.25 bits per heavy atom. The highest BCUT2D eigenvalue weighted by atomic mass is 35.5. The van der Waals surface area contributed by atoms with E-state index in [9.17, 15) is 14.0 Å². The zero-order valence-corrected chi connectivity index (χ0v) is 13.4. The molecule has 1 saturated carbocycles. The van der Waals surface area contributed by atoms with E-state index in [1.165, 1.54) is 18.2 Å². The van der Waals surface area contributed by atoms with Crippen LogP contribution in [-0.4, -0.2) is 16.8 Å². The number of benzene rings is 1. The Morgan fingerprint density at radius 2 is 2.04 bits per heavy atom. The van der Waals surface area contributed by atoms with Gasteiger partial charge >= 0.3 is 0 Å². The number of hydrogen-bond donors (Lipinski definition) is 2. The molecular weight excluding hydrogens is 333 g/mol. The maximum Gasteiger partial charge on any atom is 0.240 e. The average molecular weight is 348 g/mol.